The Morgan fingerprint density at radius 1 is 1.50 bits per heavy atom. The summed E-state index contributed by atoms with van der Waals surface area (Å²) in [4.78, 5) is 13.8. The molecule has 1 rings (SSSR count). The van der Waals surface area contributed by atoms with Crippen LogP contribution in [-0.4, -0.2) is 65.8 Å². The first-order chi connectivity index (χ1) is 7.58. The second kappa shape index (κ2) is 6.98. The van der Waals surface area contributed by atoms with E-state index < -0.39 is 10.8 Å². The van der Waals surface area contributed by atoms with Crippen molar-refractivity contribution in [2.45, 2.75) is 13.0 Å². The molecule has 94 valence electrons. The minimum Gasteiger partial charge on any atom is -0.352 e. The van der Waals surface area contributed by atoms with E-state index in [2.05, 4.69) is 15.5 Å². The summed E-state index contributed by atoms with van der Waals surface area (Å²) in [5, 5.41) is 6.11. The largest absolute Gasteiger partial charge is 0.352 e. The van der Waals surface area contributed by atoms with Gasteiger partial charge >= 0.3 is 0 Å². The van der Waals surface area contributed by atoms with Crippen LogP contribution in [0, 0.1) is 0 Å². The van der Waals surface area contributed by atoms with Crippen LogP contribution in [0.25, 0.3) is 0 Å². The summed E-state index contributed by atoms with van der Waals surface area (Å²) in [5.74, 6) is 0.549. The molecule has 0 aromatic rings. The van der Waals surface area contributed by atoms with Crippen LogP contribution in [-0.2, 0) is 15.6 Å². The van der Waals surface area contributed by atoms with Crippen LogP contribution >= 0.6 is 0 Å². The van der Waals surface area contributed by atoms with Crippen LogP contribution in [0.2, 0.25) is 0 Å². The van der Waals surface area contributed by atoms with E-state index in [0.717, 1.165) is 26.2 Å². The molecule has 2 unspecified atom stereocenters. The molecule has 0 aliphatic carbocycles. The van der Waals surface area contributed by atoms with Gasteiger partial charge in [-0.25, -0.2) is 0 Å². The minimum atomic E-state index is -0.857. The lowest BCUT2D eigenvalue weighted by Crippen LogP contribution is -2.49. The Bertz CT molecular complexity index is 254. The zero-order chi connectivity index (χ0) is 12.0. The summed E-state index contributed by atoms with van der Waals surface area (Å²) in [6, 6.07) is -0.0127. The number of amides is 1. The van der Waals surface area contributed by atoms with E-state index >= 15 is 0 Å². The highest BCUT2D eigenvalue weighted by molar-refractivity contribution is 7.84. The second-order valence-electron chi connectivity index (χ2n) is 4.23. The molecule has 0 spiro atoms. The standard InChI is InChI=1S/C10H21N3O2S/c1-9(8-16(2)15)12-10(14)7-13-5-3-11-4-6-13/h9,11H,3-8H2,1-2H3,(H,12,14). The van der Waals surface area contributed by atoms with Crippen molar-refractivity contribution >= 4 is 16.7 Å². The van der Waals surface area contributed by atoms with Crippen LogP contribution in [0.1, 0.15) is 6.92 Å². The van der Waals surface area contributed by atoms with E-state index in [0.29, 0.717) is 12.3 Å². The van der Waals surface area contributed by atoms with Crippen LogP contribution in [0.5, 0.6) is 0 Å². The van der Waals surface area contributed by atoms with Crippen molar-refractivity contribution in [3.8, 4) is 0 Å². The first kappa shape index (κ1) is 13.6. The molecular formula is C10H21N3O2S. The summed E-state index contributed by atoms with van der Waals surface area (Å²) in [7, 11) is -0.857. The molecule has 0 saturated carbocycles. The molecule has 2 N–H and O–H groups in total. The molecule has 6 heteroatoms. The average molecular weight is 247 g/mol. The Morgan fingerprint density at radius 2 is 2.12 bits per heavy atom. The Hall–Kier alpha value is -0.460. The number of nitrogens with zero attached hydrogens (tertiary/aromatic N) is 1. The maximum absolute atomic E-state index is 11.6. The molecule has 0 bridgehead atoms. The highest BCUT2D eigenvalue weighted by atomic mass is 32.2. The number of carbonyl (C=O) groups is 1. The van der Waals surface area contributed by atoms with Crippen molar-refractivity contribution < 1.29 is 9.00 Å². The molecule has 1 aliphatic rings. The first-order valence-electron chi connectivity index (χ1n) is 5.60. The SMILES string of the molecule is CC(CS(C)=O)NC(=O)CN1CCNCC1. The third-order valence-corrected chi connectivity index (χ3v) is 3.44. The predicted molar refractivity (Wildman–Crippen MR) is 65.8 cm³/mol. The number of hydrogen-bond acceptors (Lipinski definition) is 4. The molecule has 1 saturated heterocycles. The van der Waals surface area contributed by atoms with Gasteiger partial charge in [0.1, 0.15) is 0 Å². The fraction of sp³-hybridized carbons (Fsp3) is 0.900. The molecule has 0 radical (unpaired) electrons. The van der Waals surface area contributed by atoms with Gasteiger partial charge in [-0.05, 0) is 6.92 Å². The van der Waals surface area contributed by atoms with Crippen LogP contribution in [0.4, 0.5) is 0 Å². The molecule has 16 heavy (non-hydrogen) atoms. The van der Waals surface area contributed by atoms with E-state index in [9.17, 15) is 9.00 Å². The molecular weight excluding hydrogens is 226 g/mol. The van der Waals surface area contributed by atoms with Crippen molar-refractivity contribution in [2.75, 3.05) is 44.7 Å². The van der Waals surface area contributed by atoms with Crippen molar-refractivity contribution in [2.24, 2.45) is 0 Å². The maximum atomic E-state index is 11.6. The van der Waals surface area contributed by atoms with Gasteiger partial charge in [-0.15, -0.1) is 0 Å². The molecule has 0 aromatic heterocycles. The summed E-state index contributed by atoms with van der Waals surface area (Å²) in [6.45, 7) is 6.06. The third kappa shape index (κ3) is 5.58. The summed E-state index contributed by atoms with van der Waals surface area (Å²) in [5.41, 5.74) is 0. The third-order valence-electron chi connectivity index (χ3n) is 2.47. The first-order valence-corrected chi connectivity index (χ1v) is 7.33. The van der Waals surface area contributed by atoms with Gasteiger partial charge in [0.25, 0.3) is 0 Å². The number of nitrogens with one attached hydrogen (secondary N) is 2. The van der Waals surface area contributed by atoms with E-state index in [-0.39, 0.29) is 11.9 Å². The van der Waals surface area contributed by atoms with E-state index in [1.165, 1.54) is 0 Å². The molecule has 5 nitrogen and oxygen atoms in total. The zero-order valence-corrected chi connectivity index (χ0v) is 10.8. The van der Waals surface area contributed by atoms with Gasteiger partial charge in [-0.3, -0.25) is 13.9 Å². The lowest BCUT2D eigenvalue weighted by atomic mass is 10.3. The number of piperazine rings is 1. The lowest BCUT2D eigenvalue weighted by Gasteiger charge is -2.27. The molecule has 1 aliphatic heterocycles. The molecule has 1 heterocycles. The molecule has 2 atom stereocenters. The Balaban J connectivity index is 2.21. The fourth-order valence-corrected chi connectivity index (χ4v) is 2.57. The molecule has 1 fully saturated rings. The number of rotatable bonds is 5. The highest BCUT2D eigenvalue weighted by Crippen LogP contribution is 1.92. The summed E-state index contributed by atoms with van der Waals surface area (Å²) in [6.07, 6.45) is 1.65. The monoisotopic (exact) mass is 247 g/mol. The smallest absolute Gasteiger partial charge is 0.234 e. The van der Waals surface area contributed by atoms with Gasteiger partial charge < -0.3 is 10.6 Å². The van der Waals surface area contributed by atoms with Crippen molar-refractivity contribution in [3.63, 3.8) is 0 Å². The normalized spacial score (nSPS) is 21.4. The van der Waals surface area contributed by atoms with E-state index in [1.807, 2.05) is 6.92 Å². The number of carbonyl (C=O) groups excluding carboxylic acids is 1. The van der Waals surface area contributed by atoms with Crippen molar-refractivity contribution in [1.82, 2.24) is 15.5 Å². The van der Waals surface area contributed by atoms with Crippen LogP contribution < -0.4 is 10.6 Å². The molecule has 0 aromatic carbocycles. The van der Waals surface area contributed by atoms with Gasteiger partial charge in [0.05, 0.1) is 6.54 Å². The Morgan fingerprint density at radius 3 is 2.69 bits per heavy atom. The zero-order valence-electron chi connectivity index (χ0n) is 9.99. The van der Waals surface area contributed by atoms with Crippen LogP contribution in [0.3, 0.4) is 0 Å². The van der Waals surface area contributed by atoms with E-state index in [1.54, 1.807) is 6.26 Å². The minimum absolute atomic E-state index is 0.0127. The van der Waals surface area contributed by atoms with E-state index in [4.69, 9.17) is 0 Å². The maximum Gasteiger partial charge on any atom is 0.234 e. The topological polar surface area (TPSA) is 61.4 Å². The van der Waals surface area contributed by atoms with Gasteiger partial charge in [0, 0.05) is 55.0 Å². The second-order valence-corrected chi connectivity index (χ2v) is 5.71. The number of hydrogen-bond donors (Lipinski definition) is 2. The highest BCUT2D eigenvalue weighted by Gasteiger charge is 2.15. The van der Waals surface area contributed by atoms with Crippen molar-refractivity contribution in [1.29, 1.82) is 0 Å². The van der Waals surface area contributed by atoms with Gasteiger partial charge in [-0.2, -0.15) is 0 Å². The van der Waals surface area contributed by atoms with Gasteiger partial charge in [-0.1, -0.05) is 0 Å². The van der Waals surface area contributed by atoms with Gasteiger partial charge in [0.15, 0.2) is 0 Å². The quantitative estimate of drug-likeness (QED) is 0.639. The van der Waals surface area contributed by atoms with Crippen LogP contribution in [0.15, 0.2) is 0 Å². The summed E-state index contributed by atoms with van der Waals surface area (Å²) < 4.78 is 11.0. The Labute approximate surface area is 99.4 Å². The Kier molecular flexibility index (Phi) is 5.94. The fourth-order valence-electron chi connectivity index (χ4n) is 1.79. The summed E-state index contributed by atoms with van der Waals surface area (Å²) >= 11 is 0. The van der Waals surface area contributed by atoms with Gasteiger partial charge in [0.2, 0.25) is 5.91 Å². The van der Waals surface area contributed by atoms with Crippen molar-refractivity contribution in [3.05, 3.63) is 0 Å². The average Bonchev–Trinajstić information content (AvgIpc) is 2.17. The molecule has 1 amide bonds. The lowest BCUT2D eigenvalue weighted by molar-refractivity contribution is -0.122. The predicted octanol–water partition coefficient (Wildman–Crippen LogP) is -1.23.